The highest BCUT2D eigenvalue weighted by atomic mass is 16.5. The summed E-state index contributed by atoms with van der Waals surface area (Å²) >= 11 is 0. The number of hydrogen-bond acceptors (Lipinski definition) is 4. The first-order valence-corrected chi connectivity index (χ1v) is 7.42. The molecule has 0 atom stereocenters. The topological polar surface area (TPSA) is 37.4 Å². The van der Waals surface area contributed by atoms with Crippen LogP contribution < -0.4 is 10.2 Å². The number of aromatic nitrogens is 1. The molecule has 0 aliphatic carbocycles. The van der Waals surface area contributed by atoms with Crippen LogP contribution >= 0.6 is 0 Å². The number of ether oxygens (including phenoxy) is 1. The molecule has 1 N–H and O–H groups in total. The first kappa shape index (κ1) is 15.3. The Morgan fingerprint density at radius 3 is 2.50 bits per heavy atom. The van der Waals surface area contributed by atoms with E-state index in [0.717, 1.165) is 26.2 Å². The minimum atomic E-state index is -0.146. The Labute approximate surface area is 122 Å². The zero-order valence-electron chi connectivity index (χ0n) is 13.4. The van der Waals surface area contributed by atoms with Gasteiger partial charge in [0.15, 0.2) is 0 Å². The fourth-order valence-corrected chi connectivity index (χ4v) is 3.07. The fourth-order valence-electron chi connectivity index (χ4n) is 3.07. The molecule has 0 radical (unpaired) electrons. The summed E-state index contributed by atoms with van der Waals surface area (Å²) in [5.41, 5.74) is 2.23. The van der Waals surface area contributed by atoms with Gasteiger partial charge in [0.25, 0.3) is 0 Å². The first-order valence-electron chi connectivity index (χ1n) is 7.42. The highest BCUT2D eigenvalue weighted by Crippen LogP contribution is 2.32. The third kappa shape index (κ3) is 3.70. The number of hydrogen-bond donors (Lipinski definition) is 1. The normalized spacial score (nSPS) is 20.9. The van der Waals surface area contributed by atoms with Crippen LogP contribution in [0.5, 0.6) is 0 Å². The van der Waals surface area contributed by atoms with Gasteiger partial charge in [-0.05, 0) is 45.9 Å². The predicted octanol–water partition coefficient (Wildman–Crippen LogP) is 2.58. The van der Waals surface area contributed by atoms with E-state index in [4.69, 9.17) is 4.74 Å². The van der Waals surface area contributed by atoms with Crippen LogP contribution in [0.2, 0.25) is 0 Å². The van der Waals surface area contributed by atoms with Crippen LogP contribution in [0.4, 0.5) is 5.69 Å². The van der Waals surface area contributed by atoms with Gasteiger partial charge in [-0.2, -0.15) is 0 Å². The van der Waals surface area contributed by atoms with Crippen LogP contribution in [0.15, 0.2) is 18.5 Å². The molecule has 1 aromatic heterocycles. The van der Waals surface area contributed by atoms with Gasteiger partial charge in [-0.1, -0.05) is 6.92 Å². The second-order valence-electron chi connectivity index (χ2n) is 6.76. The second kappa shape index (κ2) is 5.70. The van der Waals surface area contributed by atoms with Crippen molar-refractivity contribution in [3.8, 4) is 0 Å². The minimum absolute atomic E-state index is 0.146. The summed E-state index contributed by atoms with van der Waals surface area (Å²) in [5, 5.41) is 3.40. The summed E-state index contributed by atoms with van der Waals surface area (Å²) in [6.07, 6.45) is 3.84. The van der Waals surface area contributed by atoms with Crippen LogP contribution in [0.1, 0.15) is 40.2 Å². The van der Waals surface area contributed by atoms with Crippen molar-refractivity contribution in [1.82, 2.24) is 10.3 Å². The van der Waals surface area contributed by atoms with Gasteiger partial charge in [0.05, 0.1) is 23.1 Å². The van der Waals surface area contributed by atoms with Gasteiger partial charge in [-0.25, -0.2) is 0 Å². The van der Waals surface area contributed by atoms with Crippen molar-refractivity contribution >= 4 is 5.69 Å². The van der Waals surface area contributed by atoms with E-state index in [9.17, 15) is 0 Å². The molecule has 0 aromatic carbocycles. The van der Waals surface area contributed by atoms with E-state index in [1.54, 1.807) is 0 Å². The molecule has 1 saturated heterocycles. The molecule has 1 fully saturated rings. The summed E-state index contributed by atoms with van der Waals surface area (Å²) in [7, 11) is 0. The third-order valence-electron chi connectivity index (χ3n) is 3.49. The summed E-state index contributed by atoms with van der Waals surface area (Å²) in [5.74, 6) is 0. The SMILES string of the molecule is CCNCc1ccncc1N1CC(C)(C)OC(C)(C)C1. The van der Waals surface area contributed by atoms with Crippen molar-refractivity contribution in [2.75, 3.05) is 24.5 Å². The lowest BCUT2D eigenvalue weighted by molar-refractivity contribution is -0.133. The quantitative estimate of drug-likeness (QED) is 0.918. The van der Waals surface area contributed by atoms with Crippen LogP contribution in [-0.4, -0.2) is 35.8 Å². The van der Waals surface area contributed by atoms with Crippen molar-refractivity contribution in [3.05, 3.63) is 24.0 Å². The number of anilines is 1. The number of pyridine rings is 1. The molecule has 2 rings (SSSR count). The Balaban J connectivity index is 2.26. The van der Waals surface area contributed by atoms with E-state index in [2.05, 4.69) is 55.9 Å². The lowest BCUT2D eigenvalue weighted by atomic mass is 9.98. The molecule has 0 spiro atoms. The van der Waals surface area contributed by atoms with Gasteiger partial charge in [0, 0.05) is 25.8 Å². The van der Waals surface area contributed by atoms with Gasteiger partial charge in [0.1, 0.15) is 0 Å². The minimum Gasteiger partial charge on any atom is -0.366 e. The molecular weight excluding hydrogens is 250 g/mol. The van der Waals surface area contributed by atoms with E-state index in [0.29, 0.717) is 0 Å². The maximum Gasteiger partial charge on any atom is 0.0808 e. The lowest BCUT2D eigenvalue weighted by Crippen LogP contribution is -2.57. The monoisotopic (exact) mass is 277 g/mol. The van der Waals surface area contributed by atoms with Crippen molar-refractivity contribution in [1.29, 1.82) is 0 Å². The van der Waals surface area contributed by atoms with Crippen LogP contribution in [-0.2, 0) is 11.3 Å². The molecule has 1 aromatic rings. The number of rotatable bonds is 4. The Morgan fingerprint density at radius 1 is 1.25 bits per heavy atom. The molecule has 0 saturated carbocycles. The molecule has 112 valence electrons. The van der Waals surface area contributed by atoms with Crippen LogP contribution in [0.3, 0.4) is 0 Å². The molecule has 2 heterocycles. The Kier molecular flexibility index (Phi) is 4.35. The molecule has 20 heavy (non-hydrogen) atoms. The molecule has 1 aliphatic heterocycles. The predicted molar refractivity (Wildman–Crippen MR) is 83.1 cm³/mol. The molecule has 1 aliphatic rings. The maximum absolute atomic E-state index is 6.16. The van der Waals surface area contributed by atoms with Crippen molar-refractivity contribution in [3.63, 3.8) is 0 Å². The molecule has 0 unspecified atom stereocenters. The Bertz CT molecular complexity index is 441. The maximum atomic E-state index is 6.16. The molecule has 0 bridgehead atoms. The summed E-state index contributed by atoms with van der Waals surface area (Å²) in [6.45, 7) is 14.4. The highest BCUT2D eigenvalue weighted by Gasteiger charge is 2.38. The van der Waals surface area contributed by atoms with Crippen molar-refractivity contribution in [2.24, 2.45) is 0 Å². The average molecular weight is 277 g/mol. The number of nitrogens with zero attached hydrogens (tertiary/aromatic N) is 2. The zero-order valence-corrected chi connectivity index (χ0v) is 13.4. The lowest BCUT2D eigenvalue weighted by Gasteiger charge is -2.48. The van der Waals surface area contributed by atoms with Crippen molar-refractivity contribution < 1.29 is 4.74 Å². The smallest absolute Gasteiger partial charge is 0.0808 e. The summed E-state index contributed by atoms with van der Waals surface area (Å²) in [6, 6.07) is 2.10. The van der Waals surface area contributed by atoms with E-state index < -0.39 is 0 Å². The molecule has 4 nitrogen and oxygen atoms in total. The van der Waals surface area contributed by atoms with Gasteiger partial charge in [-0.3, -0.25) is 4.98 Å². The second-order valence-corrected chi connectivity index (χ2v) is 6.76. The van der Waals surface area contributed by atoms with Gasteiger partial charge >= 0.3 is 0 Å². The van der Waals surface area contributed by atoms with Crippen molar-refractivity contribution in [2.45, 2.75) is 52.4 Å². The van der Waals surface area contributed by atoms with E-state index in [1.807, 2.05) is 12.4 Å². The Hall–Kier alpha value is -1.13. The molecule has 0 amide bonds. The van der Waals surface area contributed by atoms with Gasteiger partial charge in [0.2, 0.25) is 0 Å². The van der Waals surface area contributed by atoms with Crippen LogP contribution in [0, 0.1) is 0 Å². The summed E-state index contributed by atoms with van der Waals surface area (Å²) < 4.78 is 6.16. The zero-order chi connectivity index (χ0) is 14.8. The standard InChI is InChI=1S/C16H27N3O/c1-6-17-9-13-7-8-18-10-14(13)19-11-15(2,3)20-16(4,5)12-19/h7-8,10,17H,6,9,11-12H2,1-5H3. The van der Waals surface area contributed by atoms with E-state index in [-0.39, 0.29) is 11.2 Å². The summed E-state index contributed by atoms with van der Waals surface area (Å²) in [4.78, 5) is 6.72. The van der Waals surface area contributed by atoms with E-state index >= 15 is 0 Å². The average Bonchev–Trinajstić information content (AvgIpc) is 2.33. The number of nitrogens with one attached hydrogen (secondary N) is 1. The first-order chi connectivity index (χ1) is 9.33. The molecule has 4 heteroatoms. The highest BCUT2D eigenvalue weighted by molar-refractivity contribution is 5.52. The fraction of sp³-hybridized carbons (Fsp3) is 0.688. The third-order valence-corrected chi connectivity index (χ3v) is 3.49. The Morgan fingerprint density at radius 2 is 1.90 bits per heavy atom. The number of morpholine rings is 1. The van der Waals surface area contributed by atoms with Gasteiger partial charge in [-0.15, -0.1) is 0 Å². The molecular formula is C16H27N3O. The largest absolute Gasteiger partial charge is 0.366 e. The van der Waals surface area contributed by atoms with Gasteiger partial charge < -0.3 is 15.0 Å². The van der Waals surface area contributed by atoms with E-state index in [1.165, 1.54) is 11.3 Å². The van der Waals surface area contributed by atoms with Crippen LogP contribution in [0.25, 0.3) is 0 Å².